The van der Waals surface area contributed by atoms with E-state index in [2.05, 4.69) is 23.7 Å². The predicted octanol–water partition coefficient (Wildman–Crippen LogP) is 7.70. The van der Waals surface area contributed by atoms with Gasteiger partial charge in [0.25, 0.3) is 0 Å². The predicted molar refractivity (Wildman–Crippen MR) is 132 cm³/mol. The largest absolute Gasteiger partial charge is 0.206 e. The molecule has 172 valence electrons. The topological polar surface area (TPSA) is 0 Å². The quantitative estimate of drug-likeness (QED) is 0.164. The Labute approximate surface area is 201 Å². The molecule has 0 unspecified atom stereocenters. The zero-order valence-electron chi connectivity index (χ0n) is 18.9. The van der Waals surface area contributed by atoms with Crippen LogP contribution in [0.1, 0.15) is 41.2 Å². The Kier molecular flexibility index (Phi) is 7.34. The van der Waals surface area contributed by atoms with Crippen LogP contribution < -0.4 is 0 Å². The minimum atomic E-state index is -0.915. The molecular formula is C31H20F4. The van der Waals surface area contributed by atoms with Crippen LogP contribution in [-0.4, -0.2) is 0 Å². The highest BCUT2D eigenvalue weighted by molar-refractivity contribution is 5.84. The summed E-state index contributed by atoms with van der Waals surface area (Å²) in [6.45, 7) is 1.94. The molecule has 4 aromatic rings. The van der Waals surface area contributed by atoms with Crippen LogP contribution in [0.3, 0.4) is 0 Å². The Hall–Kier alpha value is -4.28. The maximum Gasteiger partial charge on any atom is 0.166 e. The summed E-state index contributed by atoms with van der Waals surface area (Å²) < 4.78 is 56.1. The van der Waals surface area contributed by atoms with Gasteiger partial charge >= 0.3 is 0 Å². The number of rotatable bonds is 3. The van der Waals surface area contributed by atoms with Crippen LogP contribution in [0.2, 0.25) is 0 Å². The second kappa shape index (κ2) is 10.8. The molecule has 0 N–H and O–H groups in total. The van der Waals surface area contributed by atoms with Crippen LogP contribution >= 0.6 is 0 Å². The zero-order valence-corrected chi connectivity index (χ0v) is 18.9. The van der Waals surface area contributed by atoms with E-state index in [1.54, 1.807) is 24.3 Å². The summed E-state index contributed by atoms with van der Waals surface area (Å²) in [6.07, 6.45) is 5.58. The highest BCUT2D eigenvalue weighted by atomic mass is 19.2. The van der Waals surface area contributed by atoms with E-state index in [1.165, 1.54) is 30.3 Å². The van der Waals surface area contributed by atoms with Crippen LogP contribution in [0.25, 0.3) is 10.8 Å². The van der Waals surface area contributed by atoms with Crippen LogP contribution in [0, 0.1) is 47.0 Å². The molecule has 0 radical (unpaired) electrons. The van der Waals surface area contributed by atoms with Crippen molar-refractivity contribution in [2.75, 3.05) is 0 Å². The van der Waals surface area contributed by atoms with E-state index >= 15 is 0 Å². The molecule has 35 heavy (non-hydrogen) atoms. The fourth-order valence-electron chi connectivity index (χ4n) is 3.55. The van der Waals surface area contributed by atoms with Gasteiger partial charge in [-0.2, -0.15) is 0 Å². The third-order valence-corrected chi connectivity index (χ3v) is 5.43. The van der Waals surface area contributed by atoms with Gasteiger partial charge in [-0.25, -0.2) is 17.6 Å². The van der Waals surface area contributed by atoms with Gasteiger partial charge in [-0.1, -0.05) is 54.0 Å². The van der Waals surface area contributed by atoms with Crippen molar-refractivity contribution in [3.8, 4) is 23.7 Å². The molecule has 4 rings (SSSR count). The standard InChI is InChI=1S/C31H20F4/c1-2-3-4-5-21-6-11-24(29(33)19-21)13-8-23-9-14-25(30(34)20-23)12-7-22-10-16-27-26(18-22)15-17-28(32)31(27)35/h2-3,6,9-11,14-20H,4-5H2,1H3/b3-2+. The Morgan fingerprint density at radius 2 is 1.31 bits per heavy atom. The van der Waals surface area contributed by atoms with Gasteiger partial charge in [0.1, 0.15) is 11.6 Å². The Bertz CT molecular complexity index is 1560. The van der Waals surface area contributed by atoms with Crippen molar-refractivity contribution >= 4 is 10.8 Å². The number of allylic oxidation sites excluding steroid dienone is 2. The van der Waals surface area contributed by atoms with E-state index < -0.39 is 23.3 Å². The summed E-state index contributed by atoms with van der Waals surface area (Å²) in [5.74, 6) is 8.35. The molecule has 0 bridgehead atoms. The first-order chi connectivity index (χ1) is 16.9. The van der Waals surface area contributed by atoms with Crippen molar-refractivity contribution in [2.45, 2.75) is 19.8 Å². The molecule has 0 saturated carbocycles. The Morgan fingerprint density at radius 3 is 2.00 bits per heavy atom. The van der Waals surface area contributed by atoms with E-state index in [1.807, 2.05) is 25.1 Å². The molecule has 0 amide bonds. The first kappa shape index (κ1) is 23.9. The number of fused-ring (bicyclic) bond motifs is 1. The maximum absolute atomic E-state index is 14.6. The molecule has 0 heterocycles. The minimum Gasteiger partial charge on any atom is -0.206 e. The molecular weight excluding hydrogens is 448 g/mol. The average Bonchev–Trinajstić information content (AvgIpc) is 2.85. The molecule has 0 aliphatic carbocycles. The van der Waals surface area contributed by atoms with E-state index in [9.17, 15) is 17.6 Å². The fraction of sp³-hybridized carbons (Fsp3) is 0.0968. The van der Waals surface area contributed by atoms with Gasteiger partial charge in [-0.15, -0.1) is 0 Å². The van der Waals surface area contributed by atoms with Gasteiger partial charge < -0.3 is 0 Å². The second-order valence-corrected chi connectivity index (χ2v) is 7.91. The normalized spacial score (nSPS) is 10.7. The molecule has 0 aliphatic rings. The minimum absolute atomic E-state index is 0.157. The average molecular weight is 468 g/mol. The smallest absolute Gasteiger partial charge is 0.166 e. The third kappa shape index (κ3) is 5.81. The molecule has 0 aliphatic heterocycles. The summed E-state index contributed by atoms with van der Waals surface area (Å²) in [4.78, 5) is 0. The summed E-state index contributed by atoms with van der Waals surface area (Å²) >= 11 is 0. The van der Waals surface area contributed by atoms with Crippen LogP contribution in [0.4, 0.5) is 17.6 Å². The molecule has 0 atom stereocenters. The Balaban J connectivity index is 1.51. The number of halogens is 4. The SMILES string of the molecule is C/C=C/CCc1ccc(C#Cc2ccc(C#Cc3ccc4c(F)c(F)ccc4c3)c(F)c2)c(F)c1. The number of benzene rings is 4. The maximum atomic E-state index is 14.6. The van der Waals surface area contributed by atoms with Gasteiger partial charge in [0.05, 0.1) is 11.1 Å². The monoisotopic (exact) mass is 468 g/mol. The molecule has 4 heteroatoms. The van der Waals surface area contributed by atoms with E-state index in [-0.39, 0.29) is 16.5 Å². The Morgan fingerprint density at radius 1 is 0.657 bits per heavy atom. The first-order valence-corrected chi connectivity index (χ1v) is 11.1. The summed E-state index contributed by atoms with van der Waals surface area (Å²) in [7, 11) is 0. The lowest BCUT2D eigenvalue weighted by atomic mass is 10.1. The molecule has 0 fully saturated rings. The lowest BCUT2D eigenvalue weighted by molar-refractivity contribution is 0.517. The van der Waals surface area contributed by atoms with Crippen LogP contribution in [0.5, 0.6) is 0 Å². The summed E-state index contributed by atoms with van der Waals surface area (Å²) in [5, 5.41) is 0.657. The van der Waals surface area contributed by atoms with Crippen LogP contribution in [0.15, 0.2) is 78.9 Å². The zero-order chi connectivity index (χ0) is 24.8. The van der Waals surface area contributed by atoms with Gasteiger partial charge in [0, 0.05) is 16.5 Å². The van der Waals surface area contributed by atoms with Crippen molar-refractivity contribution in [3.05, 3.63) is 130 Å². The lowest BCUT2D eigenvalue weighted by Gasteiger charge is -2.01. The van der Waals surface area contributed by atoms with Crippen molar-refractivity contribution in [1.29, 1.82) is 0 Å². The highest BCUT2D eigenvalue weighted by Crippen LogP contribution is 2.21. The van der Waals surface area contributed by atoms with Gasteiger partial charge in [-0.05, 0) is 79.2 Å². The molecule has 4 aromatic carbocycles. The van der Waals surface area contributed by atoms with Crippen molar-refractivity contribution in [3.63, 3.8) is 0 Å². The molecule has 0 nitrogen and oxygen atoms in total. The first-order valence-electron chi connectivity index (χ1n) is 11.1. The second-order valence-electron chi connectivity index (χ2n) is 7.91. The number of aryl methyl sites for hydroxylation is 1. The van der Waals surface area contributed by atoms with Gasteiger partial charge in [-0.3, -0.25) is 0 Å². The van der Waals surface area contributed by atoms with Crippen molar-refractivity contribution in [2.24, 2.45) is 0 Å². The van der Waals surface area contributed by atoms with Crippen molar-refractivity contribution < 1.29 is 17.6 Å². The molecule has 0 spiro atoms. The fourth-order valence-corrected chi connectivity index (χ4v) is 3.55. The summed E-state index contributed by atoms with van der Waals surface area (Å²) in [5.41, 5.74) is 2.24. The van der Waals surface area contributed by atoms with Crippen molar-refractivity contribution in [1.82, 2.24) is 0 Å². The lowest BCUT2D eigenvalue weighted by Crippen LogP contribution is -1.90. The number of hydrogen-bond acceptors (Lipinski definition) is 0. The van der Waals surface area contributed by atoms with E-state index in [0.717, 1.165) is 24.5 Å². The molecule has 0 saturated heterocycles. The van der Waals surface area contributed by atoms with E-state index in [0.29, 0.717) is 16.5 Å². The van der Waals surface area contributed by atoms with Gasteiger partial charge in [0.2, 0.25) is 0 Å². The number of hydrogen-bond donors (Lipinski definition) is 0. The highest BCUT2D eigenvalue weighted by Gasteiger charge is 2.07. The third-order valence-electron chi connectivity index (χ3n) is 5.43. The summed E-state index contributed by atoms with van der Waals surface area (Å²) in [6, 6.07) is 16.4. The van der Waals surface area contributed by atoms with Crippen LogP contribution in [-0.2, 0) is 6.42 Å². The molecule has 0 aromatic heterocycles. The van der Waals surface area contributed by atoms with E-state index in [4.69, 9.17) is 0 Å². The van der Waals surface area contributed by atoms with Gasteiger partial charge in [0.15, 0.2) is 11.6 Å².